The second kappa shape index (κ2) is 6.77. The van der Waals surface area contributed by atoms with E-state index in [9.17, 15) is 4.79 Å². The molecule has 0 saturated carbocycles. The van der Waals surface area contributed by atoms with Crippen LogP contribution >= 0.6 is 0 Å². The molecule has 1 saturated heterocycles. The Bertz CT molecular complexity index is 279. The highest BCUT2D eigenvalue weighted by Gasteiger charge is 2.35. The molecule has 0 aromatic carbocycles. The van der Waals surface area contributed by atoms with Gasteiger partial charge in [-0.3, -0.25) is 4.79 Å². The van der Waals surface area contributed by atoms with Crippen LogP contribution in [-0.4, -0.2) is 49.7 Å². The van der Waals surface area contributed by atoms with Crippen molar-refractivity contribution >= 4 is 5.91 Å². The molecule has 0 bridgehead atoms. The predicted molar refractivity (Wildman–Crippen MR) is 68.8 cm³/mol. The number of carbonyl (C=O) groups excluding carboxylic acids is 1. The van der Waals surface area contributed by atoms with E-state index in [1.807, 2.05) is 25.7 Å². The normalized spacial score (nSPS) is 23.7. The van der Waals surface area contributed by atoms with E-state index in [4.69, 9.17) is 4.74 Å². The molecule has 0 aromatic heterocycles. The second-order valence-corrected chi connectivity index (χ2v) is 4.62. The quantitative estimate of drug-likeness (QED) is 0.705. The summed E-state index contributed by atoms with van der Waals surface area (Å²) < 4.78 is 5.41. The van der Waals surface area contributed by atoms with Gasteiger partial charge in [0.2, 0.25) is 5.91 Å². The van der Waals surface area contributed by atoms with Crippen LogP contribution in [0.1, 0.15) is 20.8 Å². The van der Waals surface area contributed by atoms with E-state index in [2.05, 4.69) is 11.9 Å². The molecule has 1 fully saturated rings. The predicted octanol–water partition coefficient (Wildman–Crippen LogP) is 1.04. The minimum Gasteiger partial charge on any atom is -0.379 e. The van der Waals surface area contributed by atoms with E-state index in [-0.39, 0.29) is 17.9 Å². The number of amides is 1. The molecule has 4 heteroatoms. The zero-order valence-electron chi connectivity index (χ0n) is 11.2. The minimum atomic E-state index is -0.0470. The highest BCUT2D eigenvalue weighted by atomic mass is 16.5. The standard InChI is InChI=1S/C13H24N2O2/c1-5-14-12-9-17-8-11(12)13(16)15(6-2)7-10(3)4/h11-12,14H,3,5-9H2,1-2,4H3. The van der Waals surface area contributed by atoms with Gasteiger partial charge in [0, 0.05) is 19.1 Å². The van der Waals surface area contributed by atoms with Gasteiger partial charge in [-0.05, 0) is 20.4 Å². The van der Waals surface area contributed by atoms with E-state index >= 15 is 0 Å². The fourth-order valence-corrected chi connectivity index (χ4v) is 2.17. The van der Waals surface area contributed by atoms with E-state index in [0.717, 1.165) is 18.7 Å². The van der Waals surface area contributed by atoms with Crippen LogP contribution in [0.3, 0.4) is 0 Å². The number of hydrogen-bond acceptors (Lipinski definition) is 3. The molecule has 4 nitrogen and oxygen atoms in total. The Morgan fingerprint density at radius 1 is 1.47 bits per heavy atom. The number of nitrogens with zero attached hydrogens (tertiary/aromatic N) is 1. The lowest BCUT2D eigenvalue weighted by atomic mass is 10.0. The summed E-state index contributed by atoms with van der Waals surface area (Å²) in [6, 6.07) is 0.159. The van der Waals surface area contributed by atoms with Crippen LogP contribution in [-0.2, 0) is 9.53 Å². The van der Waals surface area contributed by atoms with Gasteiger partial charge in [-0.1, -0.05) is 19.1 Å². The monoisotopic (exact) mass is 240 g/mol. The van der Waals surface area contributed by atoms with Gasteiger partial charge < -0.3 is 15.0 Å². The Hall–Kier alpha value is -0.870. The number of rotatable bonds is 6. The zero-order chi connectivity index (χ0) is 12.8. The Balaban J connectivity index is 2.62. The van der Waals surface area contributed by atoms with Crippen LogP contribution < -0.4 is 5.32 Å². The van der Waals surface area contributed by atoms with Gasteiger partial charge in [-0.15, -0.1) is 0 Å². The summed E-state index contributed by atoms with van der Waals surface area (Å²) in [5, 5.41) is 3.31. The Morgan fingerprint density at radius 2 is 2.18 bits per heavy atom. The smallest absolute Gasteiger partial charge is 0.229 e. The van der Waals surface area contributed by atoms with E-state index in [1.165, 1.54) is 0 Å². The molecular formula is C13H24N2O2. The number of carbonyl (C=O) groups is 1. The summed E-state index contributed by atoms with van der Waals surface area (Å²) in [6.07, 6.45) is 0. The molecule has 2 atom stereocenters. The molecule has 0 aliphatic carbocycles. The van der Waals surface area contributed by atoms with Gasteiger partial charge in [0.1, 0.15) is 0 Å². The molecule has 17 heavy (non-hydrogen) atoms. The fraction of sp³-hybridized carbons (Fsp3) is 0.769. The van der Waals surface area contributed by atoms with Crippen molar-refractivity contribution in [3.8, 4) is 0 Å². The van der Waals surface area contributed by atoms with Gasteiger partial charge in [-0.25, -0.2) is 0 Å². The Labute approximate surface area is 104 Å². The maximum absolute atomic E-state index is 12.4. The maximum atomic E-state index is 12.4. The van der Waals surface area contributed by atoms with Crippen molar-refractivity contribution in [2.45, 2.75) is 26.8 Å². The van der Waals surface area contributed by atoms with Crippen molar-refractivity contribution in [2.24, 2.45) is 5.92 Å². The third-order valence-corrected chi connectivity index (χ3v) is 3.02. The second-order valence-electron chi connectivity index (χ2n) is 4.62. The van der Waals surface area contributed by atoms with Gasteiger partial charge in [-0.2, -0.15) is 0 Å². The molecule has 1 heterocycles. The van der Waals surface area contributed by atoms with Crippen molar-refractivity contribution in [1.29, 1.82) is 0 Å². The van der Waals surface area contributed by atoms with Crippen molar-refractivity contribution < 1.29 is 9.53 Å². The van der Waals surface area contributed by atoms with Crippen LogP contribution in [0, 0.1) is 5.92 Å². The highest BCUT2D eigenvalue weighted by molar-refractivity contribution is 5.80. The lowest BCUT2D eigenvalue weighted by molar-refractivity contribution is -0.135. The fourth-order valence-electron chi connectivity index (χ4n) is 2.17. The average Bonchev–Trinajstić information content (AvgIpc) is 2.73. The molecule has 1 N–H and O–H groups in total. The third-order valence-electron chi connectivity index (χ3n) is 3.02. The molecule has 0 spiro atoms. The summed E-state index contributed by atoms with van der Waals surface area (Å²) >= 11 is 0. The van der Waals surface area contributed by atoms with Crippen molar-refractivity contribution in [3.05, 3.63) is 12.2 Å². The van der Waals surface area contributed by atoms with Crippen LogP contribution in [0.25, 0.3) is 0 Å². The lowest BCUT2D eigenvalue weighted by Gasteiger charge is -2.26. The largest absolute Gasteiger partial charge is 0.379 e. The number of hydrogen-bond donors (Lipinski definition) is 1. The summed E-state index contributed by atoms with van der Waals surface area (Å²) in [7, 11) is 0. The number of nitrogens with one attached hydrogen (secondary N) is 1. The maximum Gasteiger partial charge on any atom is 0.229 e. The van der Waals surface area contributed by atoms with Gasteiger partial charge in [0.15, 0.2) is 0 Å². The molecule has 0 radical (unpaired) electrons. The van der Waals surface area contributed by atoms with Crippen molar-refractivity contribution in [1.82, 2.24) is 10.2 Å². The first kappa shape index (κ1) is 14.2. The molecule has 1 amide bonds. The summed E-state index contributed by atoms with van der Waals surface area (Å²) in [4.78, 5) is 14.2. The molecule has 0 aromatic rings. The van der Waals surface area contributed by atoms with E-state index in [0.29, 0.717) is 19.8 Å². The first-order valence-corrected chi connectivity index (χ1v) is 6.34. The van der Waals surface area contributed by atoms with Crippen LogP contribution in [0.2, 0.25) is 0 Å². The van der Waals surface area contributed by atoms with Crippen molar-refractivity contribution in [3.63, 3.8) is 0 Å². The first-order chi connectivity index (χ1) is 8.10. The van der Waals surface area contributed by atoms with E-state index < -0.39 is 0 Å². The SMILES string of the molecule is C=C(C)CN(CC)C(=O)C1COCC1NCC. The van der Waals surface area contributed by atoms with Gasteiger partial charge in [0.25, 0.3) is 0 Å². The van der Waals surface area contributed by atoms with E-state index in [1.54, 1.807) is 0 Å². The van der Waals surface area contributed by atoms with Gasteiger partial charge >= 0.3 is 0 Å². The van der Waals surface area contributed by atoms with Gasteiger partial charge in [0.05, 0.1) is 19.1 Å². The topological polar surface area (TPSA) is 41.6 Å². The molecule has 1 rings (SSSR count). The minimum absolute atomic E-state index is 0.0470. The first-order valence-electron chi connectivity index (χ1n) is 6.34. The number of likely N-dealkylation sites (N-methyl/N-ethyl adjacent to an activating group) is 2. The third kappa shape index (κ3) is 3.82. The van der Waals surface area contributed by atoms with Crippen molar-refractivity contribution in [2.75, 3.05) is 32.8 Å². The Morgan fingerprint density at radius 3 is 2.71 bits per heavy atom. The van der Waals surface area contributed by atoms with Crippen LogP contribution in [0.5, 0.6) is 0 Å². The van der Waals surface area contributed by atoms with Crippen LogP contribution in [0.15, 0.2) is 12.2 Å². The highest BCUT2D eigenvalue weighted by Crippen LogP contribution is 2.17. The number of ether oxygens (including phenoxy) is 1. The zero-order valence-corrected chi connectivity index (χ0v) is 11.2. The average molecular weight is 240 g/mol. The van der Waals surface area contributed by atoms with Crippen LogP contribution in [0.4, 0.5) is 0 Å². The molecule has 98 valence electrons. The summed E-state index contributed by atoms with van der Waals surface area (Å²) in [5.74, 6) is 0.133. The molecule has 1 aliphatic heterocycles. The Kier molecular flexibility index (Phi) is 5.65. The molecule has 1 aliphatic rings. The summed E-state index contributed by atoms with van der Waals surface area (Å²) in [5.41, 5.74) is 1.01. The summed E-state index contributed by atoms with van der Waals surface area (Å²) in [6.45, 7) is 13.3. The molecular weight excluding hydrogens is 216 g/mol. The lowest BCUT2D eigenvalue weighted by Crippen LogP contribution is -2.46. The molecule has 2 unspecified atom stereocenters.